The number of hydroxylamine groups is 2. The molecule has 1 aromatic rings. The van der Waals surface area contributed by atoms with E-state index >= 15 is 0 Å². The van der Waals surface area contributed by atoms with Crippen molar-refractivity contribution in [2.75, 3.05) is 13.6 Å². The number of phenols is 1. The number of nitrogens with zero attached hydrogens (tertiary/aromatic N) is 1. The zero-order chi connectivity index (χ0) is 9.84. The van der Waals surface area contributed by atoms with Gasteiger partial charge in [0, 0.05) is 13.6 Å². The molecule has 0 saturated carbocycles. The lowest BCUT2D eigenvalue weighted by Crippen LogP contribution is -2.19. The Kier molecular flexibility index (Phi) is 3.28. The highest BCUT2D eigenvalue weighted by Crippen LogP contribution is 2.19. The van der Waals surface area contributed by atoms with Gasteiger partial charge in [-0.3, -0.25) is 0 Å². The van der Waals surface area contributed by atoms with Gasteiger partial charge in [-0.05, 0) is 23.6 Å². The van der Waals surface area contributed by atoms with E-state index in [-0.39, 0.29) is 11.7 Å². The standard InChI is InChI=1S/C10H15NO2/c1-8(7-11(2)13)9-4-3-5-10(12)6-9/h3-6,8,12-13H,7H2,1-2H3. The first-order valence-corrected chi connectivity index (χ1v) is 4.28. The molecule has 0 aromatic heterocycles. The molecule has 0 heterocycles. The fourth-order valence-corrected chi connectivity index (χ4v) is 1.33. The third kappa shape index (κ3) is 3.05. The van der Waals surface area contributed by atoms with Gasteiger partial charge in [0.05, 0.1) is 0 Å². The first kappa shape index (κ1) is 10.0. The average Bonchev–Trinajstić information content (AvgIpc) is 2.03. The lowest BCUT2D eigenvalue weighted by atomic mass is 10.0. The monoisotopic (exact) mass is 181 g/mol. The molecule has 1 atom stereocenters. The molecule has 0 aliphatic carbocycles. The van der Waals surface area contributed by atoms with Crippen molar-refractivity contribution in [1.82, 2.24) is 5.06 Å². The highest BCUT2D eigenvalue weighted by Gasteiger charge is 2.07. The van der Waals surface area contributed by atoms with E-state index in [0.29, 0.717) is 6.54 Å². The Hall–Kier alpha value is -1.06. The lowest BCUT2D eigenvalue weighted by Gasteiger charge is -2.15. The second-order valence-corrected chi connectivity index (χ2v) is 3.34. The van der Waals surface area contributed by atoms with E-state index in [2.05, 4.69) is 0 Å². The summed E-state index contributed by atoms with van der Waals surface area (Å²) in [5.41, 5.74) is 1.03. The minimum absolute atomic E-state index is 0.210. The van der Waals surface area contributed by atoms with Crippen LogP contribution < -0.4 is 0 Å². The molecule has 0 spiro atoms. The first-order valence-electron chi connectivity index (χ1n) is 4.28. The van der Waals surface area contributed by atoms with Crippen LogP contribution in [0.3, 0.4) is 0 Å². The summed E-state index contributed by atoms with van der Waals surface area (Å²) in [5, 5.41) is 19.4. The summed E-state index contributed by atoms with van der Waals surface area (Å²) in [6.45, 7) is 2.56. The number of phenolic OH excluding ortho intramolecular Hbond substituents is 1. The van der Waals surface area contributed by atoms with Crippen LogP contribution in [-0.4, -0.2) is 29.0 Å². The van der Waals surface area contributed by atoms with Crippen LogP contribution in [0.15, 0.2) is 24.3 Å². The maximum absolute atomic E-state index is 9.22. The minimum Gasteiger partial charge on any atom is -0.508 e. The second-order valence-electron chi connectivity index (χ2n) is 3.34. The van der Waals surface area contributed by atoms with Crippen LogP contribution in [-0.2, 0) is 0 Å². The molecule has 0 bridgehead atoms. The SMILES string of the molecule is CC(CN(C)O)c1cccc(O)c1. The molecule has 13 heavy (non-hydrogen) atoms. The van der Waals surface area contributed by atoms with Crippen LogP contribution in [0.25, 0.3) is 0 Å². The van der Waals surface area contributed by atoms with Crippen molar-refractivity contribution in [2.24, 2.45) is 0 Å². The van der Waals surface area contributed by atoms with E-state index in [1.165, 1.54) is 0 Å². The molecule has 1 rings (SSSR count). The molecule has 2 N–H and O–H groups in total. The number of hydrogen-bond acceptors (Lipinski definition) is 3. The molecular weight excluding hydrogens is 166 g/mol. The Morgan fingerprint density at radius 3 is 2.69 bits per heavy atom. The molecule has 0 aliphatic rings. The predicted octanol–water partition coefficient (Wildman–Crippen LogP) is 1.82. The number of rotatable bonds is 3. The van der Waals surface area contributed by atoms with Crippen molar-refractivity contribution in [3.63, 3.8) is 0 Å². The number of benzene rings is 1. The van der Waals surface area contributed by atoms with Crippen LogP contribution in [0, 0.1) is 0 Å². The second kappa shape index (κ2) is 4.25. The molecule has 0 fully saturated rings. The van der Waals surface area contributed by atoms with E-state index in [1.54, 1.807) is 25.2 Å². The molecule has 0 radical (unpaired) electrons. The Morgan fingerprint density at radius 2 is 2.15 bits per heavy atom. The van der Waals surface area contributed by atoms with Crippen molar-refractivity contribution in [2.45, 2.75) is 12.8 Å². The lowest BCUT2D eigenvalue weighted by molar-refractivity contribution is -0.0681. The van der Waals surface area contributed by atoms with E-state index < -0.39 is 0 Å². The van der Waals surface area contributed by atoms with E-state index in [1.807, 2.05) is 13.0 Å². The molecule has 1 aromatic carbocycles. The van der Waals surface area contributed by atoms with Crippen molar-refractivity contribution in [3.8, 4) is 5.75 Å². The van der Waals surface area contributed by atoms with Gasteiger partial charge in [-0.15, -0.1) is 0 Å². The van der Waals surface area contributed by atoms with Gasteiger partial charge in [0.2, 0.25) is 0 Å². The molecule has 0 amide bonds. The van der Waals surface area contributed by atoms with Crippen LogP contribution in [0.2, 0.25) is 0 Å². The quantitative estimate of drug-likeness (QED) is 0.699. The van der Waals surface area contributed by atoms with Crippen LogP contribution >= 0.6 is 0 Å². The molecule has 1 unspecified atom stereocenters. The van der Waals surface area contributed by atoms with Crippen LogP contribution in [0.1, 0.15) is 18.4 Å². The summed E-state index contributed by atoms with van der Waals surface area (Å²) >= 11 is 0. The fourth-order valence-electron chi connectivity index (χ4n) is 1.33. The largest absolute Gasteiger partial charge is 0.508 e. The predicted molar refractivity (Wildman–Crippen MR) is 50.9 cm³/mol. The normalized spacial score (nSPS) is 13.2. The molecule has 72 valence electrons. The van der Waals surface area contributed by atoms with Gasteiger partial charge in [0.15, 0.2) is 0 Å². The van der Waals surface area contributed by atoms with Gasteiger partial charge in [0.1, 0.15) is 5.75 Å². The number of hydrogen-bond donors (Lipinski definition) is 2. The summed E-state index contributed by atoms with van der Waals surface area (Å²) in [5.74, 6) is 0.479. The molecule has 0 aliphatic heterocycles. The zero-order valence-electron chi connectivity index (χ0n) is 7.94. The third-order valence-electron chi connectivity index (χ3n) is 1.98. The number of aromatic hydroxyl groups is 1. The Bertz CT molecular complexity index is 273. The van der Waals surface area contributed by atoms with Crippen LogP contribution in [0.4, 0.5) is 0 Å². The van der Waals surface area contributed by atoms with Crippen molar-refractivity contribution in [3.05, 3.63) is 29.8 Å². The van der Waals surface area contributed by atoms with Gasteiger partial charge in [-0.2, -0.15) is 5.06 Å². The summed E-state index contributed by atoms with van der Waals surface area (Å²) in [6.07, 6.45) is 0. The topological polar surface area (TPSA) is 43.7 Å². The van der Waals surface area contributed by atoms with E-state index in [0.717, 1.165) is 10.6 Å². The summed E-state index contributed by atoms with van der Waals surface area (Å²) in [6, 6.07) is 7.10. The molecular formula is C10H15NO2. The maximum Gasteiger partial charge on any atom is 0.115 e. The van der Waals surface area contributed by atoms with Gasteiger partial charge < -0.3 is 10.3 Å². The summed E-state index contributed by atoms with van der Waals surface area (Å²) in [7, 11) is 1.61. The molecule has 3 heteroatoms. The van der Waals surface area contributed by atoms with Crippen molar-refractivity contribution < 1.29 is 10.3 Å². The maximum atomic E-state index is 9.22. The minimum atomic E-state index is 0.210. The highest BCUT2D eigenvalue weighted by molar-refractivity contribution is 5.29. The molecule has 3 nitrogen and oxygen atoms in total. The zero-order valence-corrected chi connectivity index (χ0v) is 7.94. The Labute approximate surface area is 78.2 Å². The first-order chi connectivity index (χ1) is 6.09. The summed E-state index contributed by atoms with van der Waals surface area (Å²) in [4.78, 5) is 0. The smallest absolute Gasteiger partial charge is 0.115 e. The van der Waals surface area contributed by atoms with E-state index in [9.17, 15) is 5.11 Å². The number of likely N-dealkylation sites (N-methyl/N-ethyl adjacent to an activating group) is 1. The van der Waals surface area contributed by atoms with Crippen molar-refractivity contribution >= 4 is 0 Å². The average molecular weight is 181 g/mol. The Balaban J connectivity index is 2.71. The van der Waals surface area contributed by atoms with Crippen LogP contribution in [0.5, 0.6) is 5.75 Å². The Morgan fingerprint density at radius 1 is 1.46 bits per heavy atom. The van der Waals surface area contributed by atoms with Crippen molar-refractivity contribution in [1.29, 1.82) is 0 Å². The third-order valence-corrected chi connectivity index (χ3v) is 1.98. The summed E-state index contributed by atoms with van der Waals surface area (Å²) < 4.78 is 0. The molecule has 0 saturated heterocycles. The fraction of sp³-hybridized carbons (Fsp3) is 0.400. The van der Waals surface area contributed by atoms with Gasteiger partial charge in [-0.25, -0.2) is 0 Å². The van der Waals surface area contributed by atoms with Gasteiger partial charge in [-0.1, -0.05) is 19.1 Å². The van der Waals surface area contributed by atoms with Gasteiger partial charge >= 0.3 is 0 Å². The van der Waals surface area contributed by atoms with Gasteiger partial charge in [0.25, 0.3) is 0 Å². The van der Waals surface area contributed by atoms with E-state index in [4.69, 9.17) is 5.21 Å². The highest BCUT2D eigenvalue weighted by atomic mass is 16.5.